The van der Waals surface area contributed by atoms with E-state index in [2.05, 4.69) is 82.5 Å². The summed E-state index contributed by atoms with van der Waals surface area (Å²) < 4.78 is 14.5. The Morgan fingerprint density at radius 3 is 2.35 bits per heavy atom. The minimum atomic E-state index is -0.607. The van der Waals surface area contributed by atoms with Crippen molar-refractivity contribution in [2.24, 2.45) is 5.92 Å². The molecule has 0 saturated carbocycles. The van der Waals surface area contributed by atoms with Crippen molar-refractivity contribution in [1.82, 2.24) is 14.9 Å². The van der Waals surface area contributed by atoms with E-state index in [0.717, 1.165) is 32.5 Å². The van der Waals surface area contributed by atoms with Crippen LogP contribution in [0.3, 0.4) is 0 Å². The number of aryl methyl sites for hydroxylation is 1. The van der Waals surface area contributed by atoms with Gasteiger partial charge in [-0.15, -0.1) is 0 Å². The fourth-order valence-corrected chi connectivity index (χ4v) is 4.70. The van der Waals surface area contributed by atoms with Gasteiger partial charge in [-0.05, 0) is 37.4 Å². The summed E-state index contributed by atoms with van der Waals surface area (Å²) in [6.45, 7) is 5.43. The number of hydrogen-bond acceptors (Lipinski definition) is 4. The van der Waals surface area contributed by atoms with Crippen LogP contribution in [-0.2, 0) is 21.4 Å². The molecule has 0 amide bonds. The molecule has 2 atom stereocenters. The number of methoxy groups -OCH3 is 1. The van der Waals surface area contributed by atoms with Gasteiger partial charge in [0.1, 0.15) is 0 Å². The number of ether oxygens (including phenoxy) is 2. The maximum atomic E-state index is 6.49. The average Bonchev–Trinajstić information content (AvgIpc) is 3.35. The van der Waals surface area contributed by atoms with Crippen LogP contribution in [0, 0.1) is 5.92 Å². The first kappa shape index (κ1) is 21.8. The molecule has 3 aromatic rings. The molecule has 5 heteroatoms. The monoisotopic (exact) mass is 419 g/mol. The van der Waals surface area contributed by atoms with Gasteiger partial charge in [0.2, 0.25) is 0 Å². The summed E-state index contributed by atoms with van der Waals surface area (Å²) in [4.78, 5) is 4.11. The van der Waals surface area contributed by atoms with E-state index in [1.165, 1.54) is 11.1 Å². The standard InChI is InChI=1S/C26H33N3O2/c1-25(30-2)24(19-27-14-9-16-29-17-15-28-21-29)18-26(20-31-25,22-10-5-3-6-11-22)23-12-7-4-8-13-23/h3-8,10-13,15,17,21,24,27H,9,14,16,18-20H2,1-2H3/t24-,25-/m1/s1. The largest absolute Gasteiger partial charge is 0.353 e. The molecule has 1 aliphatic heterocycles. The number of nitrogens with zero attached hydrogens (tertiary/aromatic N) is 2. The molecule has 5 nitrogen and oxygen atoms in total. The fraction of sp³-hybridized carbons (Fsp3) is 0.423. The molecule has 1 fully saturated rings. The highest BCUT2D eigenvalue weighted by atomic mass is 16.7. The highest BCUT2D eigenvalue weighted by molar-refractivity contribution is 5.40. The Morgan fingerprint density at radius 1 is 1.10 bits per heavy atom. The first-order valence-electron chi connectivity index (χ1n) is 11.1. The number of imidazole rings is 1. The summed E-state index contributed by atoms with van der Waals surface area (Å²) in [5, 5.41) is 3.65. The van der Waals surface area contributed by atoms with Gasteiger partial charge in [0, 0.05) is 43.9 Å². The van der Waals surface area contributed by atoms with Gasteiger partial charge in [0.15, 0.2) is 5.79 Å². The van der Waals surface area contributed by atoms with Crippen LogP contribution in [0.4, 0.5) is 0 Å². The van der Waals surface area contributed by atoms with Crippen LogP contribution >= 0.6 is 0 Å². The highest BCUT2D eigenvalue weighted by Crippen LogP contribution is 2.46. The molecule has 0 aliphatic carbocycles. The molecule has 2 heterocycles. The van der Waals surface area contributed by atoms with E-state index in [-0.39, 0.29) is 11.3 Å². The SMILES string of the molecule is CO[C@]1(C)OCC(c2ccccc2)(c2ccccc2)C[C@@H]1CNCCCn1ccnc1. The fourth-order valence-electron chi connectivity index (χ4n) is 4.70. The second-order valence-corrected chi connectivity index (χ2v) is 8.58. The van der Waals surface area contributed by atoms with Crippen molar-refractivity contribution in [3.8, 4) is 0 Å². The van der Waals surface area contributed by atoms with Crippen LogP contribution in [0.5, 0.6) is 0 Å². The van der Waals surface area contributed by atoms with Gasteiger partial charge in [-0.25, -0.2) is 4.98 Å². The lowest BCUT2D eigenvalue weighted by molar-refractivity contribution is -0.271. The molecule has 0 bridgehead atoms. The quantitative estimate of drug-likeness (QED) is 0.527. The first-order chi connectivity index (χ1) is 15.2. The summed E-state index contributed by atoms with van der Waals surface area (Å²) in [5.41, 5.74) is 2.40. The lowest BCUT2D eigenvalue weighted by Crippen LogP contribution is -2.55. The Balaban J connectivity index is 1.51. The van der Waals surface area contributed by atoms with E-state index in [1.807, 2.05) is 18.7 Å². The third-order valence-electron chi connectivity index (χ3n) is 6.72. The Bertz CT molecular complexity index is 875. The molecule has 1 saturated heterocycles. The predicted octanol–water partition coefficient (Wildman–Crippen LogP) is 4.25. The van der Waals surface area contributed by atoms with Gasteiger partial charge < -0.3 is 19.4 Å². The Kier molecular flexibility index (Phi) is 6.86. The Morgan fingerprint density at radius 2 is 1.77 bits per heavy atom. The van der Waals surface area contributed by atoms with E-state index < -0.39 is 5.79 Å². The molecule has 1 aliphatic rings. The van der Waals surface area contributed by atoms with Crippen molar-refractivity contribution in [3.63, 3.8) is 0 Å². The van der Waals surface area contributed by atoms with Gasteiger partial charge in [0.25, 0.3) is 0 Å². The molecule has 31 heavy (non-hydrogen) atoms. The minimum absolute atomic E-state index is 0.191. The van der Waals surface area contributed by atoms with E-state index in [9.17, 15) is 0 Å². The smallest absolute Gasteiger partial charge is 0.169 e. The van der Waals surface area contributed by atoms with Gasteiger partial charge in [0.05, 0.1) is 12.9 Å². The third kappa shape index (κ3) is 4.74. The molecule has 0 unspecified atom stereocenters. The maximum absolute atomic E-state index is 6.49. The summed E-state index contributed by atoms with van der Waals surface area (Å²) in [6, 6.07) is 21.5. The van der Waals surface area contributed by atoms with Crippen molar-refractivity contribution < 1.29 is 9.47 Å². The molecular formula is C26H33N3O2. The zero-order chi connectivity index (χ0) is 21.6. The molecular weight excluding hydrogens is 386 g/mol. The van der Waals surface area contributed by atoms with Gasteiger partial charge >= 0.3 is 0 Å². The van der Waals surface area contributed by atoms with Crippen molar-refractivity contribution in [2.45, 2.75) is 37.5 Å². The summed E-state index contributed by atoms with van der Waals surface area (Å²) in [6.07, 6.45) is 7.70. The Hall–Kier alpha value is -2.47. The first-order valence-corrected chi connectivity index (χ1v) is 11.1. The van der Waals surface area contributed by atoms with Crippen LogP contribution in [-0.4, -0.2) is 42.1 Å². The second-order valence-electron chi connectivity index (χ2n) is 8.58. The lowest BCUT2D eigenvalue weighted by atomic mass is 9.66. The zero-order valence-corrected chi connectivity index (χ0v) is 18.5. The van der Waals surface area contributed by atoms with E-state index >= 15 is 0 Å². The van der Waals surface area contributed by atoms with Crippen LogP contribution in [0.1, 0.15) is 30.9 Å². The van der Waals surface area contributed by atoms with Crippen LogP contribution in [0.15, 0.2) is 79.4 Å². The Labute approximate surface area is 185 Å². The van der Waals surface area contributed by atoms with E-state index in [0.29, 0.717) is 6.61 Å². The second kappa shape index (κ2) is 9.77. The zero-order valence-electron chi connectivity index (χ0n) is 18.5. The van der Waals surface area contributed by atoms with Crippen molar-refractivity contribution in [1.29, 1.82) is 0 Å². The number of aromatic nitrogens is 2. The summed E-state index contributed by atoms with van der Waals surface area (Å²) in [5.74, 6) is -0.398. The number of hydrogen-bond donors (Lipinski definition) is 1. The van der Waals surface area contributed by atoms with Crippen LogP contribution in [0.25, 0.3) is 0 Å². The minimum Gasteiger partial charge on any atom is -0.353 e. The highest BCUT2D eigenvalue weighted by Gasteiger charge is 2.49. The van der Waals surface area contributed by atoms with Crippen molar-refractivity contribution in [2.75, 3.05) is 26.8 Å². The van der Waals surface area contributed by atoms with Crippen LogP contribution in [0.2, 0.25) is 0 Å². The number of benzene rings is 2. The summed E-state index contributed by atoms with van der Waals surface area (Å²) in [7, 11) is 1.75. The summed E-state index contributed by atoms with van der Waals surface area (Å²) >= 11 is 0. The number of nitrogens with one attached hydrogen (secondary N) is 1. The molecule has 1 N–H and O–H groups in total. The normalized spacial score (nSPS) is 23.0. The average molecular weight is 420 g/mol. The van der Waals surface area contributed by atoms with Crippen molar-refractivity contribution >= 4 is 0 Å². The molecule has 164 valence electrons. The number of rotatable bonds is 9. The van der Waals surface area contributed by atoms with Crippen molar-refractivity contribution in [3.05, 3.63) is 90.5 Å². The van der Waals surface area contributed by atoms with E-state index in [4.69, 9.17) is 9.47 Å². The van der Waals surface area contributed by atoms with Gasteiger partial charge in [-0.2, -0.15) is 0 Å². The van der Waals surface area contributed by atoms with Crippen LogP contribution < -0.4 is 5.32 Å². The molecule has 0 spiro atoms. The topological polar surface area (TPSA) is 48.3 Å². The third-order valence-corrected chi connectivity index (χ3v) is 6.72. The van der Waals surface area contributed by atoms with Gasteiger partial charge in [-0.3, -0.25) is 0 Å². The molecule has 0 radical (unpaired) electrons. The lowest BCUT2D eigenvalue weighted by Gasteiger charge is -2.50. The maximum Gasteiger partial charge on any atom is 0.169 e. The molecule has 4 rings (SSSR count). The van der Waals surface area contributed by atoms with Gasteiger partial charge in [-0.1, -0.05) is 60.7 Å². The van der Waals surface area contributed by atoms with E-state index in [1.54, 1.807) is 7.11 Å². The predicted molar refractivity (Wildman–Crippen MR) is 123 cm³/mol. The molecule has 2 aromatic carbocycles. The molecule has 1 aromatic heterocycles.